The molecule has 0 aliphatic carbocycles. The number of hydrogen-bond acceptors (Lipinski definition) is 3. The van der Waals surface area contributed by atoms with Crippen LogP contribution in [0.5, 0.6) is 0 Å². The van der Waals surface area contributed by atoms with E-state index in [4.69, 9.17) is 5.73 Å². The molecule has 0 aliphatic heterocycles. The average Bonchev–Trinajstić information content (AvgIpc) is 2.41. The highest BCUT2D eigenvalue weighted by atomic mass is 16.2. The van der Waals surface area contributed by atoms with Crippen molar-refractivity contribution in [1.29, 1.82) is 0 Å². The van der Waals surface area contributed by atoms with Crippen molar-refractivity contribution in [3.8, 4) is 0 Å². The van der Waals surface area contributed by atoms with Gasteiger partial charge < -0.3 is 16.0 Å². The Labute approximate surface area is 119 Å². The zero-order valence-electron chi connectivity index (χ0n) is 12.0. The van der Waals surface area contributed by atoms with Crippen molar-refractivity contribution in [3.05, 3.63) is 53.6 Å². The summed E-state index contributed by atoms with van der Waals surface area (Å²) in [6.07, 6.45) is 0. The first-order chi connectivity index (χ1) is 9.47. The molecule has 0 aliphatic rings. The molecule has 0 unspecified atom stereocenters. The third-order valence-corrected chi connectivity index (χ3v) is 3.01. The van der Waals surface area contributed by atoms with Crippen LogP contribution in [0.1, 0.15) is 15.9 Å². The third-order valence-electron chi connectivity index (χ3n) is 3.01. The molecule has 0 saturated carbocycles. The lowest BCUT2D eigenvalue weighted by Crippen LogP contribution is -2.22. The van der Waals surface area contributed by atoms with E-state index in [1.165, 1.54) is 5.56 Å². The van der Waals surface area contributed by atoms with Crippen molar-refractivity contribution in [2.75, 3.05) is 25.1 Å². The number of benzene rings is 2. The Morgan fingerprint density at radius 3 is 2.35 bits per heavy atom. The molecule has 2 rings (SSSR count). The number of anilines is 3. The molecule has 1 amide bonds. The van der Waals surface area contributed by atoms with Gasteiger partial charge in [-0.05, 0) is 37.3 Å². The summed E-state index contributed by atoms with van der Waals surface area (Å²) in [5.74, 6) is -0.0559. The molecule has 3 N–H and O–H groups in total. The van der Waals surface area contributed by atoms with Crippen LogP contribution in [0.2, 0.25) is 0 Å². The van der Waals surface area contributed by atoms with Crippen molar-refractivity contribution in [2.24, 2.45) is 0 Å². The smallest absolute Gasteiger partial charge is 0.255 e. The lowest BCUT2D eigenvalue weighted by Gasteiger charge is -2.16. The van der Waals surface area contributed by atoms with Crippen LogP contribution >= 0.6 is 0 Å². The number of nitrogens with zero attached hydrogens (tertiary/aromatic N) is 1. The fourth-order valence-electron chi connectivity index (χ4n) is 1.89. The minimum atomic E-state index is -0.0559. The van der Waals surface area contributed by atoms with E-state index in [0.717, 1.165) is 5.69 Å². The van der Waals surface area contributed by atoms with Gasteiger partial charge in [-0.3, -0.25) is 4.79 Å². The Hall–Kier alpha value is -2.49. The van der Waals surface area contributed by atoms with Crippen molar-refractivity contribution >= 4 is 23.0 Å². The predicted molar refractivity (Wildman–Crippen MR) is 83.3 cm³/mol. The number of carbonyl (C=O) groups is 1. The lowest BCUT2D eigenvalue weighted by atomic mass is 10.1. The van der Waals surface area contributed by atoms with Gasteiger partial charge in [0.15, 0.2) is 0 Å². The van der Waals surface area contributed by atoms with Crippen molar-refractivity contribution in [2.45, 2.75) is 6.92 Å². The molecular weight excluding hydrogens is 250 g/mol. The van der Waals surface area contributed by atoms with Gasteiger partial charge >= 0.3 is 0 Å². The van der Waals surface area contributed by atoms with Gasteiger partial charge in [-0.1, -0.05) is 17.7 Å². The fourth-order valence-corrected chi connectivity index (χ4v) is 1.89. The number of carbonyl (C=O) groups excluding carboxylic acids is 1. The highest BCUT2D eigenvalue weighted by Crippen LogP contribution is 2.24. The van der Waals surface area contributed by atoms with Gasteiger partial charge in [0.2, 0.25) is 0 Å². The number of aryl methyl sites for hydroxylation is 1. The van der Waals surface area contributed by atoms with Gasteiger partial charge in [0.25, 0.3) is 5.91 Å². The zero-order chi connectivity index (χ0) is 14.7. The predicted octanol–water partition coefficient (Wildman–Crippen LogP) is 3.02. The first-order valence-corrected chi connectivity index (χ1v) is 6.42. The van der Waals surface area contributed by atoms with Gasteiger partial charge in [-0.15, -0.1) is 0 Å². The van der Waals surface area contributed by atoms with Crippen LogP contribution in [0.4, 0.5) is 17.1 Å². The summed E-state index contributed by atoms with van der Waals surface area (Å²) in [4.78, 5) is 13.7. The Morgan fingerprint density at radius 2 is 1.75 bits per heavy atom. The van der Waals surface area contributed by atoms with Gasteiger partial charge in [-0.2, -0.15) is 0 Å². The van der Waals surface area contributed by atoms with E-state index in [9.17, 15) is 4.79 Å². The maximum atomic E-state index is 12.2. The van der Waals surface area contributed by atoms with Crippen LogP contribution < -0.4 is 11.1 Å². The maximum Gasteiger partial charge on any atom is 0.255 e. The van der Waals surface area contributed by atoms with E-state index < -0.39 is 0 Å². The summed E-state index contributed by atoms with van der Waals surface area (Å²) in [6.45, 7) is 2.03. The first-order valence-electron chi connectivity index (χ1n) is 6.42. The highest BCUT2D eigenvalue weighted by Gasteiger charge is 2.13. The van der Waals surface area contributed by atoms with E-state index >= 15 is 0 Å². The quantitative estimate of drug-likeness (QED) is 0.842. The number of nitrogen functional groups attached to an aromatic ring is 1. The lowest BCUT2D eigenvalue weighted by molar-refractivity contribution is 0.0828. The summed E-state index contributed by atoms with van der Waals surface area (Å²) in [6, 6.07) is 13.2. The van der Waals surface area contributed by atoms with Gasteiger partial charge in [0, 0.05) is 25.5 Å². The van der Waals surface area contributed by atoms with E-state index in [-0.39, 0.29) is 5.91 Å². The summed E-state index contributed by atoms with van der Waals surface area (Å²) in [5.41, 5.74) is 9.87. The molecule has 104 valence electrons. The number of rotatable bonds is 3. The summed E-state index contributed by atoms with van der Waals surface area (Å²) < 4.78 is 0. The Bertz CT molecular complexity index is 618. The molecular formula is C16H19N3O. The van der Waals surface area contributed by atoms with E-state index in [1.54, 1.807) is 37.2 Å². The molecule has 2 aromatic carbocycles. The van der Waals surface area contributed by atoms with Gasteiger partial charge in [-0.25, -0.2) is 0 Å². The molecule has 0 fully saturated rings. The zero-order valence-corrected chi connectivity index (χ0v) is 12.0. The van der Waals surface area contributed by atoms with Crippen molar-refractivity contribution < 1.29 is 4.79 Å². The molecule has 20 heavy (non-hydrogen) atoms. The summed E-state index contributed by atoms with van der Waals surface area (Å²) in [5, 5.41) is 3.25. The molecule has 0 aromatic heterocycles. The second kappa shape index (κ2) is 5.65. The van der Waals surface area contributed by atoms with Crippen molar-refractivity contribution in [3.63, 3.8) is 0 Å². The molecule has 0 spiro atoms. The van der Waals surface area contributed by atoms with Crippen LogP contribution in [0, 0.1) is 6.92 Å². The molecule has 0 heterocycles. The number of nitrogens with two attached hydrogens (primary N) is 1. The minimum absolute atomic E-state index is 0.0559. The molecule has 4 nitrogen and oxygen atoms in total. The second-order valence-corrected chi connectivity index (χ2v) is 5.00. The first kappa shape index (κ1) is 13.9. The molecule has 4 heteroatoms. The Balaban J connectivity index is 2.37. The standard InChI is InChI=1S/C16H19N3O/c1-11-4-7-13(8-5-11)18-15-10-12(17)6-9-14(15)16(20)19(2)3/h4-10,18H,17H2,1-3H3. The van der Waals surface area contributed by atoms with Crippen molar-refractivity contribution in [1.82, 2.24) is 4.90 Å². The van der Waals surface area contributed by atoms with Crippen LogP contribution in [0.15, 0.2) is 42.5 Å². The monoisotopic (exact) mass is 269 g/mol. The normalized spacial score (nSPS) is 10.2. The number of amides is 1. The summed E-state index contributed by atoms with van der Waals surface area (Å²) >= 11 is 0. The number of nitrogens with one attached hydrogen (secondary N) is 1. The third kappa shape index (κ3) is 3.09. The summed E-state index contributed by atoms with van der Waals surface area (Å²) in [7, 11) is 3.46. The fraction of sp³-hybridized carbons (Fsp3) is 0.188. The second-order valence-electron chi connectivity index (χ2n) is 5.00. The highest BCUT2D eigenvalue weighted by molar-refractivity contribution is 6.00. The van der Waals surface area contributed by atoms with Crippen LogP contribution in [0.3, 0.4) is 0 Å². The molecule has 0 bridgehead atoms. The molecule has 0 saturated heterocycles. The van der Waals surface area contributed by atoms with Crippen LogP contribution in [-0.4, -0.2) is 24.9 Å². The van der Waals surface area contributed by atoms with Gasteiger partial charge in [0.1, 0.15) is 0 Å². The SMILES string of the molecule is Cc1ccc(Nc2cc(N)ccc2C(=O)N(C)C)cc1. The van der Waals surface area contributed by atoms with Gasteiger partial charge in [0.05, 0.1) is 11.3 Å². The van der Waals surface area contributed by atoms with E-state index in [0.29, 0.717) is 16.9 Å². The van der Waals surface area contributed by atoms with E-state index in [2.05, 4.69) is 5.32 Å². The van der Waals surface area contributed by atoms with E-state index in [1.807, 2.05) is 31.2 Å². The van der Waals surface area contributed by atoms with Crippen LogP contribution in [-0.2, 0) is 0 Å². The Kier molecular flexibility index (Phi) is 3.94. The molecule has 0 atom stereocenters. The Morgan fingerprint density at radius 1 is 1.10 bits per heavy atom. The van der Waals surface area contributed by atoms with Crippen LogP contribution in [0.25, 0.3) is 0 Å². The number of hydrogen-bond donors (Lipinski definition) is 2. The molecule has 0 radical (unpaired) electrons. The minimum Gasteiger partial charge on any atom is -0.399 e. The maximum absolute atomic E-state index is 12.2. The molecule has 2 aromatic rings. The topological polar surface area (TPSA) is 58.4 Å². The largest absolute Gasteiger partial charge is 0.399 e. The average molecular weight is 269 g/mol.